The van der Waals surface area contributed by atoms with Crippen LogP contribution in [0.3, 0.4) is 0 Å². The molecule has 0 atom stereocenters. The lowest BCUT2D eigenvalue weighted by molar-refractivity contribution is 0.0961. The number of unbranched alkanes of at least 4 members (excludes halogenated alkanes) is 3. The van der Waals surface area contributed by atoms with E-state index in [4.69, 9.17) is 5.73 Å². The van der Waals surface area contributed by atoms with Crippen molar-refractivity contribution in [1.29, 1.82) is 0 Å². The Labute approximate surface area is 130 Å². The Hall–Kier alpha value is -2.30. The van der Waals surface area contributed by atoms with Gasteiger partial charge in [0.05, 0.1) is 10.9 Å². The van der Waals surface area contributed by atoms with Crippen molar-refractivity contribution in [3.05, 3.63) is 40.2 Å². The smallest absolute Gasteiger partial charge is 0.256 e. The highest BCUT2D eigenvalue weighted by molar-refractivity contribution is 5.99. The van der Waals surface area contributed by atoms with Gasteiger partial charge in [-0.15, -0.1) is 0 Å². The number of carbonyl (C=O) groups is 1. The number of benzene rings is 1. The highest BCUT2D eigenvalue weighted by Gasteiger charge is 2.15. The van der Waals surface area contributed by atoms with Gasteiger partial charge in [0.25, 0.3) is 5.91 Å². The number of hydrogen-bond donors (Lipinski definition) is 2. The van der Waals surface area contributed by atoms with E-state index in [0.29, 0.717) is 11.1 Å². The minimum Gasteiger partial charge on any atom is -0.398 e. The zero-order valence-electron chi connectivity index (χ0n) is 13.2. The maximum Gasteiger partial charge on any atom is 0.256 e. The molecule has 0 bridgehead atoms. The number of hydrogen-bond acceptors (Lipinski definition) is 3. The minimum absolute atomic E-state index is 0.142. The van der Waals surface area contributed by atoms with E-state index >= 15 is 0 Å². The SMILES string of the molecule is CCCCCCn1cc(C(=O)NC)c(=O)c2c(N)cccc21. The number of anilines is 1. The van der Waals surface area contributed by atoms with Crippen molar-refractivity contribution in [1.82, 2.24) is 9.88 Å². The quantitative estimate of drug-likeness (QED) is 0.636. The van der Waals surface area contributed by atoms with E-state index < -0.39 is 0 Å². The Bertz CT molecular complexity index is 734. The maximum absolute atomic E-state index is 12.5. The predicted molar refractivity (Wildman–Crippen MR) is 90.2 cm³/mol. The van der Waals surface area contributed by atoms with Gasteiger partial charge in [-0.2, -0.15) is 0 Å². The van der Waals surface area contributed by atoms with Gasteiger partial charge >= 0.3 is 0 Å². The molecule has 2 aromatic rings. The lowest BCUT2D eigenvalue weighted by Crippen LogP contribution is -2.27. The number of amides is 1. The maximum atomic E-state index is 12.5. The second-order valence-electron chi connectivity index (χ2n) is 5.45. The van der Waals surface area contributed by atoms with E-state index in [-0.39, 0.29) is 16.9 Å². The van der Waals surface area contributed by atoms with Crippen LogP contribution < -0.4 is 16.5 Å². The summed E-state index contributed by atoms with van der Waals surface area (Å²) >= 11 is 0. The third-order valence-electron chi connectivity index (χ3n) is 3.87. The highest BCUT2D eigenvalue weighted by Crippen LogP contribution is 2.19. The normalized spacial score (nSPS) is 10.8. The molecular weight excluding hydrogens is 278 g/mol. The average molecular weight is 301 g/mol. The first-order valence-corrected chi connectivity index (χ1v) is 7.73. The van der Waals surface area contributed by atoms with Crippen LogP contribution in [-0.2, 0) is 6.54 Å². The number of nitrogens with one attached hydrogen (secondary N) is 1. The van der Waals surface area contributed by atoms with Crippen LogP contribution in [-0.4, -0.2) is 17.5 Å². The molecule has 5 heteroatoms. The molecule has 0 aliphatic rings. The molecule has 0 aliphatic carbocycles. The molecule has 1 aromatic heterocycles. The molecule has 0 saturated carbocycles. The first-order chi connectivity index (χ1) is 10.6. The van der Waals surface area contributed by atoms with Gasteiger partial charge in [0.15, 0.2) is 0 Å². The van der Waals surface area contributed by atoms with Crippen LogP contribution in [0.1, 0.15) is 43.0 Å². The van der Waals surface area contributed by atoms with Gasteiger partial charge < -0.3 is 15.6 Å². The Kier molecular flexibility index (Phi) is 5.20. The van der Waals surface area contributed by atoms with Crippen molar-refractivity contribution in [2.75, 3.05) is 12.8 Å². The molecule has 0 saturated heterocycles. The summed E-state index contributed by atoms with van der Waals surface area (Å²) in [7, 11) is 1.52. The number of nitrogens with two attached hydrogens (primary N) is 1. The number of pyridine rings is 1. The zero-order valence-corrected chi connectivity index (χ0v) is 13.2. The number of nitrogens with zero attached hydrogens (tertiary/aromatic N) is 1. The number of carbonyl (C=O) groups excluding carboxylic acids is 1. The van der Waals surface area contributed by atoms with Crippen molar-refractivity contribution in [3.63, 3.8) is 0 Å². The number of fused-ring (bicyclic) bond motifs is 1. The molecule has 1 heterocycles. The van der Waals surface area contributed by atoms with Gasteiger partial charge in [0, 0.05) is 25.5 Å². The molecule has 0 spiro atoms. The summed E-state index contributed by atoms with van der Waals surface area (Å²) in [6.07, 6.45) is 6.13. The van der Waals surface area contributed by atoms with E-state index in [1.54, 1.807) is 12.3 Å². The molecule has 22 heavy (non-hydrogen) atoms. The Balaban J connectivity index is 2.54. The number of rotatable bonds is 6. The lowest BCUT2D eigenvalue weighted by Gasteiger charge is -2.14. The predicted octanol–water partition coefficient (Wildman–Crippen LogP) is 2.52. The van der Waals surface area contributed by atoms with Crippen LogP contribution >= 0.6 is 0 Å². The van der Waals surface area contributed by atoms with Crippen LogP contribution in [0.25, 0.3) is 10.9 Å². The van der Waals surface area contributed by atoms with Crippen LogP contribution in [0, 0.1) is 0 Å². The van der Waals surface area contributed by atoms with Gasteiger partial charge in [0.2, 0.25) is 5.43 Å². The van der Waals surface area contributed by atoms with Crippen molar-refractivity contribution in [3.8, 4) is 0 Å². The third-order valence-corrected chi connectivity index (χ3v) is 3.87. The second kappa shape index (κ2) is 7.11. The molecule has 1 amide bonds. The zero-order chi connectivity index (χ0) is 16.1. The average Bonchev–Trinajstić information content (AvgIpc) is 2.52. The van der Waals surface area contributed by atoms with E-state index in [1.165, 1.54) is 19.9 Å². The summed E-state index contributed by atoms with van der Waals surface area (Å²) in [6, 6.07) is 5.40. The van der Waals surface area contributed by atoms with E-state index in [0.717, 1.165) is 24.9 Å². The van der Waals surface area contributed by atoms with E-state index in [9.17, 15) is 9.59 Å². The van der Waals surface area contributed by atoms with Crippen molar-refractivity contribution < 1.29 is 4.79 Å². The standard InChI is InChI=1S/C17H23N3O2/c1-3-4-5-6-10-20-11-12(17(22)19-2)16(21)15-13(18)8-7-9-14(15)20/h7-9,11H,3-6,10,18H2,1-2H3,(H,19,22). The summed E-state index contributed by atoms with van der Waals surface area (Å²) in [5.74, 6) is -0.377. The van der Waals surface area contributed by atoms with E-state index in [1.807, 2.05) is 16.7 Å². The molecule has 2 rings (SSSR count). The fraction of sp³-hybridized carbons (Fsp3) is 0.412. The topological polar surface area (TPSA) is 77.1 Å². The lowest BCUT2D eigenvalue weighted by atomic mass is 10.1. The highest BCUT2D eigenvalue weighted by atomic mass is 16.2. The number of aryl methyl sites for hydroxylation is 1. The van der Waals surface area contributed by atoms with Gasteiger partial charge in [-0.25, -0.2) is 0 Å². The molecular formula is C17H23N3O2. The summed E-state index contributed by atoms with van der Waals surface area (Å²) in [5.41, 5.74) is 7.00. The largest absolute Gasteiger partial charge is 0.398 e. The van der Waals surface area contributed by atoms with Crippen LogP contribution in [0.4, 0.5) is 5.69 Å². The molecule has 3 N–H and O–H groups in total. The van der Waals surface area contributed by atoms with Crippen LogP contribution in [0.5, 0.6) is 0 Å². The number of aromatic nitrogens is 1. The number of nitrogen functional groups attached to an aromatic ring is 1. The van der Waals surface area contributed by atoms with Gasteiger partial charge in [0.1, 0.15) is 5.56 Å². The fourth-order valence-electron chi connectivity index (χ4n) is 2.65. The monoisotopic (exact) mass is 301 g/mol. The molecule has 0 aliphatic heterocycles. The van der Waals surface area contributed by atoms with Crippen LogP contribution in [0.15, 0.2) is 29.2 Å². The van der Waals surface area contributed by atoms with Gasteiger partial charge in [-0.05, 0) is 18.6 Å². The van der Waals surface area contributed by atoms with E-state index in [2.05, 4.69) is 12.2 Å². The molecule has 0 fully saturated rings. The van der Waals surface area contributed by atoms with Gasteiger partial charge in [-0.1, -0.05) is 32.3 Å². The molecule has 1 aromatic carbocycles. The molecule has 118 valence electrons. The summed E-state index contributed by atoms with van der Waals surface area (Å²) in [4.78, 5) is 24.5. The van der Waals surface area contributed by atoms with Crippen molar-refractivity contribution in [2.45, 2.75) is 39.2 Å². The van der Waals surface area contributed by atoms with Gasteiger partial charge in [-0.3, -0.25) is 9.59 Å². The summed E-state index contributed by atoms with van der Waals surface area (Å²) in [5, 5.41) is 2.95. The van der Waals surface area contributed by atoms with Crippen LogP contribution in [0.2, 0.25) is 0 Å². The molecule has 5 nitrogen and oxygen atoms in total. The molecule has 0 unspecified atom stereocenters. The Morgan fingerprint density at radius 3 is 2.73 bits per heavy atom. The first-order valence-electron chi connectivity index (χ1n) is 7.73. The van der Waals surface area contributed by atoms with Crippen molar-refractivity contribution in [2.24, 2.45) is 0 Å². The Morgan fingerprint density at radius 2 is 2.05 bits per heavy atom. The summed E-state index contributed by atoms with van der Waals surface area (Å²) in [6.45, 7) is 2.93. The fourth-order valence-corrected chi connectivity index (χ4v) is 2.65. The van der Waals surface area contributed by atoms with Crippen molar-refractivity contribution >= 4 is 22.5 Å². The minimum atomic E-state index is -0.377. The summed E-state index contributed by atoms with van der Waals surface area (Å²) < 4.78 is 1.97. The first kappa shape index (κ1) is 16.1. The second-order valence-corrected chi connectivity index (χ2v) is 5.45. The Morgan fingerprint density at radius 1 is 1.27 bits per heavy atom. The third kappa shape index (κ3) is 3.13. The molecule has 0 radical (unpaired) electrons.